The Morgan fingerprint density at radius 3 is 2.58 bits per heavy atom. The molecule has 0 atom stereocenters. The van der Waals surface area contributed by atoms with Crippen LogP contribution in [0.2, 0.25) is 0 Å². The summed E-state index contributed by atoms with van der Waals surface area (Å²) in [5.41, 5.74) is 1.52. The number of aryl methyl sites for hydroxylation is 1. The smallest absolute Gasteiger partial charge is 0.294 e. The van der Waals surface area contributed by atoms with Crippen LogP contribution in [0.5, 0.6) is 0 Å². The van der Waals surface area contributed by atoms with Crippen LogP contribution < -0.4 is 0 Å². The number of rotatable bonds is 2. The highest BCUT2D eigenvalue weighted by molar-refractivity contribution is 7.16. The Hall–Kier alpha value is -2.06. The molecule has 0 fully saturated rings. The highest BCUT2D eigenvalue weighted by atomic mass is 32.1. The molecule has 1 heterocycles. The minimum atomic E-state index is -4.46. The fraction of sp³-hybridized carbons (Fsp3) is 0.381. The minimum Gasteiger partial charge on any atom is -0.294 e. The second-order valence-electron chi connectivity index (χ2n) is 7.51. The van der Waals surface area contributed by atoms with E-state index in [0.29, 0.717) is 21.6 Å². The number of terminal acetylenes is 1. The van der Waals surface area contributed by atoms with E-state index in [0.717, 1.165) is 41.8 Å². The monoisotopic (exact) mass is 376 g/mol. The van der Waals surface area contributed by atoms with Crippen molar-refractivity contribution < 1.29 is 18.0 Å². The van der Waals surface area contributed by atoms with Crippen molar-refractivity contribution in [3.05, 3.63) is 45.3 Å². The molecule has 0 N–H and O–H groups in total. The van der Waals surface area contributed by atoms with E-state index in [9.17, 15) is 18.0 Å². The number of carbonyl (C=O) groups is 1. The van der Waals surface area contributed by atoms with Crippen molar-refractivity contribution in [3.8, 4) is 22.8 Å². The van der Waals surface area contributed by atoms with Gasteiger partial charge < -0.3 is 0 Å². The molecule has 1 aliphatic carbocycles. The summed E-state index contributed by atoms with van der Waals surface area (Å²) in [6, 6.07) is 3.37. The van der Waals surface area contributed by atoms with Crippen molar-refractivity contribution >= 4 is 17.1 Å². The molecule has 5 heteroatoms. The molecule has 0 unspecified atom stereocenters. The van der Waals surface area contributed by atoms with Gasteiger partial charge in [-0.2, -0.15) is 13.2 Å². The van der Waals surface area contributed by atoms with E-state index in [2.05, 4.69) is 19.8 Å². The fourth-order valence-electron chi connectivity index (χ4n) is 3.52. The van der Waals surface area contributed by atoms with Gasteiger partial charge in [-0.25, -0.2) is 0 Å². The van der Waals surface area contributed by atoms with Gasteiger partial charge in [0.1, 0.15) is 0 Å². The fourth-order valence-corrected chi connectivity index (χ4v) is 4.91. The summed E-state index contributed by atoms with van der Waals surface area (Å²) in [4.78, 5) is 14.1. The highest BCUT2D eigenvalue weighted by Crippen LogP contribution is 2.46. The number of Topliss-reactive ketones (excluding diaryl/α,β-unsaturated/α-hetero) is 1. The first-order valence-corrected chi connectivity index (χ1v) is 9.19. The molecule has 1 aromatic heterocycles. The molecule has 0 amide bonds. The summed E-state index contributed by atoms with van der Waals surface area (Å²) in [7, 11) is 0. The van der Waals surface area contributed by atoms with Crippen LogP contribution in [0, 0.1) is 17.8 Å². The number of fused-ring (bicyclic) bond motifs is 1. The normalized spacial score (nSPS) is 16.0. The summed E-state index contributed by atoms with van der Waals surface area (Å²) in [5.74, 6) is 2.33. The first-order valence-electron chi connectivity index (χ1n) is 8.37. The minimum absolute atomic E-state index is 0.0678. The Labute approximate surface area is 155 Å². The van der Waals surface area contributed by atoms with Gasteiger partial charge >= 0.3 is 6.18 Å². The van der Waals surface area contributed by atoms with Crippen LogP contribution >= 0.6 is 11.3 Å². The van der Waals surface area contributed by atoms with Crippen LogP contribution in [0.3, 0.4) is 0 Å². The van der Waals surface area contributed by atoms with Crippen LogP contribution in [-0.2, 0) is 19.0 Å². The van der Waals surface area contributed by atoms with Crippen molar-refractivity contribution in [1.82, 2.24) is 0 Å². The number of ketones is 1. The van der Waals surface area contributed by atoms with Crippen molar-refractivity contribution in [1.29, 1.82) is 0 Å². The summed E-state index contributed by atoms with van der Waals surface area (Å²) in [6.45, 7) is 5.76. The second kappa shape index (κ2) is 6.28. The zero-order valence-corrected chi connectivity index (χ0v) is 15.7. The number of halogens is 3. The molecule has 0 saturated heterocycles. The van der Waals surface area contributed by atoms with Crippen LogP contribution in [0.25, 0.3) is 10.4 Å². The maximum atomic E-state index is 13.2. The van der Waals surface area contributed by atoms with Crippen molar-refractivity contribution in [2.45, 2.75) is 46.2 Å². The van der Waals surface area contributed by atoms with Gasteiger partial charge in [0.05, 0.1) is 5.56 Å². The SMILES string of the molecule is C#Cc1ccc(C(F)(F)F)cc1-c1sc2c(c1C(C)=O)CC(C)(C)CC2. The maximum absolute atomic E-state index is 13.2. The third-order valence-corrected chi connectivity index (χ3v) is 6.20. The molecule has 0 spiro atoms. The Balaban J connectivity index is 2.27. The van der Waals surface area contributed by atoms with Gasteiger partial charge in [0.15, 0.2) is 5.78 Å². The Morgan fingerprint density at radius 1 is 1.31 bits per heavy atom. The van der Waals surface area contributed by atoms with Gasteiger partial charge in [-0.1, -0.05) is 19.8 Å². The third kappa shape index (κ3) is 3.31. The van der Waals surface area contributed by atoms with E-state index in [1.54, 1.807) is 0 Å². The predicted molar refractivity (Wildman–Crippen MR) is 98.5 cm³/mol. The molecule has 2 aromatic rings. The summed E-state index contributed by atoms with van der Waals surface area (Å²) >= 11 is 1.41. The molecule has 0 radical (unpaired) electrons. The maximum Gasteiger partial charge on any atom is 0.416 e. The van der Waals surface area contributed by atoms with E-state index in [4.69, 9.17) is 6.42 Å². The van der Waals surface area contributed by atoms with Crippen LogP contribution in [-0.4, -0.2) is 5.78 Å². The lowest BCUT2D eigenvalue weighted by Crippen LogP contribution is -2.22. The second-order valence-corrected chi connectivity index (χ2v) is 8.61. The lowest BCUT2D eigenvalue weighted by atomic mass is 9.75. The van der Waals surface area contributed by atoms with E-state index in [-0.39, 0.29) is 11.2 Å². The first-order chi connectivity index (χ1) is 12.0. The molecular formula is C21H19F3OS. The predicted octanol–water partition coefficient (Wildman–Crippen LogP) is 6.13. The third-order valence-electron chi connectivity index (χ3n) is 4.87. The average molecular weight is 376 g/mol. The zero-order valence-electron chi connectivity index (χ0n) is 14.9. The van der Waals surface area contributed by atoms with Gasteiger partial charge in [-0.15, -0.1) is 17.8 Å². The van der Waals surface area contributed by atoms with E-state index >= 15 is 0 Å². The van der Waals surface area contributed by atoms with E-state index in [1.165, 1.54) is 24.3 Å². The molecule has 1 nitrogen and oxygen atoms in total. The standard InChI is InChI=1S/C21H19F3OS/c1-5-13-6-7-14(21(22,23)24)10-15(13)19-18(12(2)25)16-11-20(3,4)9-8-17(16)26-19/h1,6-7,10H,8-9,11H2,2-4H3. The lowest BCUT2D eigenvalue weighted by molar-refractivity contribution is -0.137. The Bertz CT molecular complexity index is 926. The summed E-state index contributed by atoms with van der Waals surface area (Å²) < 4.78 is 39.6. The number of hydrogen-bond donors (Lipinski definition) is 0. The Morgan fingerprint density at radius 2 is 2.00 bits per heavy atom. The molecule has 0 aliphatic heterocycles. The molecule has 3 rings (SSSR count). The van der Waals surface area contributed by atoms with Crippen LogP contribution in [0.15, 0.2) is 18.2 Å². The van der Waals surface area contributed by atoms with Crippen LogP contribution in [0.1, 0.15) is 59.1 Å². The van der Waals surface area contributed by atoms with Crippen molar-refractivity contribution in [2.75, 3.05) is 0 Å². The number of hydrogen-bond acceptors (Lipinski definition) is 2. The van der Waals surface area contributed by atoms with Gasteiger partial charge in [0.25, 0.3) is 0 Å². The van der Waals surface area contributed by atoms with E-state index in [1.807, 2.05) is 0 Å². The number of carbonyl (C=O) groups excluding carboxylic acids is 1. The number of alkyl halides is 3. The molecule has 0 bridgehead atoms. The number of benzene rings is 1. The molecule has 1 aromatic carbocycles. The van der Waals surface area contributed by atoms with Crippen LogP contribution in [0.4, 0.5) is 13.2 Å². The summed E-state index contributed by atoms with van der Waals surface area (Å²) in [5, 5.41) is 0. The first kappa shape index (κ1) is 18.7. The number of thiophene rings is 1. The largest absolute Gasteiger partial charge is 0.416 e. The van der Waals surface area contributed by atoms with E-state index < -0.39 is 11.7 Å². The molecule has 1 aliphatic rings. The van der Waals surface area contributed by atoms with Gasteiger partial charge in [0.2, 0.25) is 0 Å². The molecule has 136 valence electrons. The molecular weight excluding hydrogens is 357 g/mol. The van der Waals surface area contributed by atoms with Crippen molar-refractivity contribution in [3.63, 3.8) is 0 Å². The highest BCUT2D eigenvalue weighted by Gasteiger charge is 2.34. The zero-order chi connectivity index (χ0) is 19.3. The molecule has 0 saturated carbocycles. The Kier molecular flexibility index (Phi) is 4.52. The van der Waals surface area contributed by atoms with Gasteiger partial charge in [-0.05, 0) is 55.4 Å². The molecule has 26 heavy (non-hydrogen) atoms. The topological polar surface area (TPSA) is 17.1 Å². The van der Waals surface area contributed by atoms with Gasteiger partial charge in [0, 0.05) is 26.4 Å². The average Bonchev–Trinajstić information content (AvgIpc) is 2.90. The quantitative estimate of drug-likeness (QED) is 0.455. The summed E-state index contributed by atoms with van der Waals surface area (Å²) in [6.07, 6.45) is 3.63. The lowest BCUT2D eigenvalue weighted by Gasteiger charge is -2.29. The van der Waals surface area contributed by atoms with Crippen molar-refractivity contribution in [2.24, 2.45) is 5.41 Å². The van der Waals surface area contributed by atoms with Gasteiger partial charge in [-0.3, -0.25) is 4.79 Å².